The summed E-state index contributed by atoms with van der Waals surface area (Å²) in [5.41, 5.74) is 11.4. The Morgan fingerprint density at radius 2 is 1.73 bits per heavy atom. The number of anilines is 1. The van der Waals surface area contributed by atoms with Gasteiger partial charge in [-0.3, -0.25) is 0 Å². The molecule has 2 N–H and O–H groups in total. The van der Waals surface area contributed by atoms with Crippen molar-refractivity contribution in [1.29, 1.82) is 0 Å². The lowest BCUT2D eigenvalue weighted by Crippen LogP contribution is -2.39. The van der Waals surface area contributed by atoms with Crippen LogP contribution in [-0.4, -0.2) is 26.9 Å². The molecule has 170 valence electrons. The number of hydrogen-bond donors (Lipinski definition) is 2. The summed E-state index contributed by atoms with van der Waals surface area (Å²) in [6.45, 7) is 2.52. The van der Waals surface area contributed by atoms with E-state index in [4.69, 9.17) is 14.2 Å². The van der Waals surface area contributed by atoms with Crippen LogP contribution in [0.2, 0.25) is 0 Å². The van der Waals surface area contributed by atoms with Gasteiger partial charge < -0.3 is 19.1 Å². The maximum Gasteiger partial charge on any atom is 0.163 e. The lowest BCUT2D eigenvalue weighted by atomic mass is 9.81. The molecule has 0 amide bonds. The number of hydrazine groups is 1. The van der Waals surface area contributed by atoms with Crippen LogP contribution in [0.5, 0.6) is 17.2 Å². The first-order valence-corrected chi connectivity index (χ1v) is 11.3. The third kappa shape index (κ3) is 3.67. The van der Waals surface area contributed by atoms with Crippen LogP contribution in [0.25, 0.3) is 0 Å². The standard InChI is InChI=1S/C26H26FN3O3/c1-31-19-7-5-17(6-8-19)25-21-15-30(14-16-3-2-4-18(27)11-16)22-13-24-23(32-9-10-33-24)12-20(22)26(21)29-28-25/h2-8,11-13,21,25-26,28-29H,9-10,14-15H2,1H3. The molecule has 3 aromatic rings. The highest BCUT2D eigenvalue weighted by molar-refractivity contribution is 5.65. The highest BCUT2D eigenvalue weighted by Crippen LogP contribution is 2.49. The molecule has 0 bridgehead atoms. The molecule has 1 saturated heterocycles. The third-order valence-electron chi connectivity index (χ3n) is 6.79. The quantitative estimate of drug-likeness (QED) is 0.627. The summed E-state index contributed by atoms with van der Waals surface area (Å²) >= 11 is 0. The van der Waals surface area contributed by atoms with Crippen LogP contribution in [-0.2, 0) is 6.54 Å². The summed E-state index contributed by atoms with van der Waals surface area (Å²) < 4.78 is 31.0. The molecule has 0 radical (unpaired) electrons. The summed E-state index contributed by atoms with van der Waals surface area (Å²) in [5, 5.41) is 0. The van der Waals surface area contributed by atoms with Gasteiger partial charge in [0.25, 0.3) is 0 Å². The Labute approximate surface area is 192 Å². The van der Waals surface area contributed by atoms with Gasteiger partial charge in [0.1, 0.15) is 24.8 Å². The molecule has 33 heavy (non-hydrogen) atoms. The number of nitrogens with one attached hydrogen (secondary N) is 2. The van der Waals surface area contributed by atoms with Crippen molar-refractivity contribution in [2.75, 3.05) is 31.8 Å². The van der Waals surface area contributed by atoms with Crippen LogP contribution < -0.4 is 30.0 Å². The van der Waals surface area contributed by atoms with E-state index in [1.807, 2.05) is 18.2 Å². The van der Waals surface area contributed by atoms with Crippen LogP contribution >= 0.6 is 0 Å². The molecule has 0 aromatic heterocycles. The average molecular weight is 448 g/mol. The SMILES string of the molecule is COc1ccc(C2NNC3c4cc5c(cc4N(Cc4cccc(F)c4)CC23)OCCO5)cc1. The molecule has 0 saturated carbocycles. The fourth-order valence-electron chi connectivity index (χ4n) is 5.22. The molecule has 3 heterocycles. The first kappa shape index (κ1) is 20.3. The van der Waals surface area contributed by atoms with Crippen LogP contribution in [0.15, 0.2) is 60.7 Å². The van der Waals surface area contributed by atoms with E-state index in [-0.39, 0.29) is 23.8 Å². The van der Waals surface area contributed by atoms with E-state index in [0.717, 1.165) is 40.6 Å². The molecule has 6 rings (SSSR count). The number of nitrogens with zero attached hydrogens (tertiary/aromatic N) is 1. The second-order valence-corrected chi connectivity index (χ2v) is 8.75. The van der Waals surface area contributed by atoms with Crippen molar-refractivity contribution in [1.82, 2.24) is 10.9 Å². The first-order chi connectivity index (χ1) is 16.2. The zero-order chi connectivity index (χ0) is 22.4. The molecule has 3 aromatic carbocycles. The third-order valence-corrected chi connectivity index (χ3v) is 6.79. The van der Waals surface area contributed by atoms with Crippen molar-refractivity contribution in [2.24, 2.45) is 5.92 Å². The molecule has 3 aliphatic heterocycles. The Morgan fingerprint density at radius 3 is 2.48 bits per heavy atom. The Balaban J connectivity index is 1.39. The number of hydrogen-bond acceptors (Lipinski definition) is 6. The fourth-order valence-corrected chi connectivity index (χ4v) is 5.22. The van der Waals surface area contributed by atoms with Crippen LogP contribution in [0, 0.1) is 11.7 Å². The minimum absolute atomic E-state index is 0.117. The Kier molecular flexibility index (Phi) is 5.08. The Morgan fingerprint density at radius 1 is 0.970 bits per heavy atom. The van der Waals surface area contributed by atoms with Crippen molar-refractivity contribution in [3.63, 3.8) is 0 Å². The first-order valence-electron chi connectivity index (χ1n) is 11.3. The van der Waals surface area contributed by atoms with E-state index < -0.39 is 0 Å². The molecular formula is C26H26FN3O3. The Bertz CT molecular complexity index is 1170. The van der Waals surface area contributed by atoms with Crippen molar-refractivity contribution in [3.8, 4) is 17.2 Å². The van der Waals surface area contributed by atoms with E-state index in [9.17, 15) is 4.39 Å². The van der Waals surface area contributed by atoms with Crippen molar-refractivity contribution in [3.05, 3.63) is 83.2 Å². The maximum atomic E-state index is 13.9. The maximum absolute atomic E-state index is 13.9. The fraction of sp³-hybridized carbons (Fsp3) is 0.308. The van der Waals surface area contributed by atoms with Gasteiger partial charge in [0.05, 0.1) is 19.2 Å². The number of ether oxygens (including phenoxy) is 3. The van der Waals surface area contributed by atoms with Crippen molar-refractivity contribution < 1.29 is 18.6 Å². The molecule has 3 unspecified atom stereocenters. The van der Waals surface area contributed by atoms with Crippen molar-refractivity contribution in [2.45, 2.75) is 18.6 Å². The van der Waals surface area contributed by atoms with E-state index in [1.54, 1.807) is 19.2 Å². The highest BCUT2D eigenvalue weighted by Gasteiger charge is 2.44. The normalized spacial score (nSPS) is 23.1. The largest absolute Gasteiger partial charge is 0.497 e. The zero-order valence-corrected chi connectivity index (χ0v) is 18.4. The van der Waals surface area contributed by atoms with Crippen LogP contribution in [0.3, 0.4) is 0 Å². The molecule has 0 spiro atoms. The number of fused-ring (bicyclic) bond motifs is 4. The van der Waals surface area contributed by atoms with Gasteiger partial charge in [-0.05, 0) is 47.0 Å². The lowest BCUT2D eigenvalue weighted by molar-refractivity contribution is 0.171. The van der Waals surface area contributed by atoms with E-state index in [1.165, 1.54) is 11.6 Å². The molecule has 7 heteroatoms. The minimum atomic E-state index is -0.218. The van der Waals surface area contributed by atoms with Crippen LogP contribution in [0.1, 0.15) is 28.8 Å². The van der Waals surface area contributed by atoms with Crippen LogP contribution in [0.4, 0.5) is 10.1 Å². The summed E-state index contributed by atoms with van der Waals surface area (Å²) in [7, 11) is 1.68. The second kappa shape index (κ2) is 8.24. The van der Waals surface area contributed by atoms with Gasteiger partial charge in [0, 0.05) is 30.8 Å². The van der Waals surface area contributed by atoms with E-state index >= 15 is 0 Å². The summed E-state index contributed by atoms with van der Waals surface area (Å²) in [5.74, 6) is 2.43. The Hall–Kier alpha value is -3.29. The van der Waals surface area contributed by atoms with Gasteiger partial charge in [-0.2, -0.15) is 0 Å². The van der Waals surface area contributed by atoms with Gasteiger partial charge in [0.15, 0.2) is 11.5 Å². The molecule has 6 nitrogen and oxygen atoms in total. The predicted octanol–water partition coefficient (Wildman–Crippen LogP) is 4.13. The smallest absolute Gasteiger partial charge is 0.163 e. The second-order valence-electron chi connectivity index (χ2n) is 8.75. The molecule has 3 atom stereocenters. The van der Waals surface area contributed by atoms with Gasteiger partial charge in [0.2, 0.25) is 0 Å². The number of methoxy groups -OCH3 is 1. The van der Waals surface area contributed by atoms with Crippen molar-refractivity contribution >= 4 is 5.69 Å². The molecule has 1 fully saturated rings. The number of rotatable bonds is 4. The monoisotopic (exact) mass is 447 g/mol. The number of benzene rings is 3. The highest BCUT2D eigenvalue weighted by atomic mass is 19.1. The summed E-state index contributed by atoms with van der Waals surface area (Å²) in [6.07, 6.45) is 0. The molecule has 0 aliphatic carbocycles. The van der Waals surface area contributed by atoms with Gasteiger partial charge >= 0.3 is 0 Å². The average Bonchev–Trinajstić information content (AvgIpc) is 3.27. The predicted molar refractivity (Wildman–Crippen MR) is 123 cm³/mol. The zero-order valence-electron chi connectivity index (χ0n) is 18.4. The van der Waals surface area contributed by atoms with E-state index in [2.05, 4.69) is 40.0 Å². The van der Waals surface area contributed by atoms with Gasteiger partial charge in [-0.1, -0.05) is 24.3 Å². The minimum Gasteiger partial charge on any atom is -0.497 e. The van der Waals surface area contributed by atoms with Gasteiger partial charge in [-0.25, -0.2) is 15.2 Å². The van der Waals surface area contributed by atoms with Gasteiger partial charge in [-0.15, -0.1) is 0 Å². The van der Waals surface area contributed by atoms with E-state index in [0.29, 0.717) is 19.8 Å². The lowest BCUT2D eigenvalue weighted by Gasteiger charge is -2.40. The summed E-state index contributed by atoms with van der Waals surface area (Å²) in [6, 6.07) is 19.4. The molecule has 3 aliphatic rings. The summed E-state index contributed by atoms with van der Waals surface area (Å²) in [4.78, 5) is 2.33. The molecular weight excluding hydrogens is 421 g/mol. The topological polar surface area (TPSA) is 55.0 Å². The number of halogens is 1.